The van der Waals surface area contributed by atoms with E-state index < -0.39 is 0 Å². The highest BCUT2D eigenvalue weighted by Gasteiger charge is 2.35. The van der Waals surface area contributed by atoms with Crippen LogP contribution in [0, 0.1) is 5.41 Å². The van der Waals surface area contributed by atoms with Crippen molar-refractivity contribution < 1.29 is 4.79 Å². The van der Waals surface area contributed by atoms with Gasteiger partial charge in [-0.1, -0.05) is 20.3 Å². The molecule has 5 nitrogen and oxygen atoms in total. The lowest BCUT2D eigenvalue weighted by molar-refractivity contribution is 0.0841. The van der Waals surface area contributed by atoms with Crippen LogP contribution < -0.4 is 5.32 Å². The minimum Gasteiger partial charge on any atom is -0.349 e. The van der Waals surface area contributed by atoms with Gasteiger partial charge in [0, 0.05) is 13.0 Å². The summed E-state index contributed by atoms with van der Waals surface area (Å²) >= 11 is 0. The standard InChI is InChI=1S/C12H20N4O/c1-3-9-14-10(16-15-9)11(17)13-8-12(4-2)6-5-7-12/h3-8H2,1-2H3,(H,13,17)(H,14,15,16). The second-order valence-electron chi connectivity index (χ2n) is 4.85. The second-order valence-corrected chi connectivity index (χ2v) is 4.85. The molecule has 0 radical (unpaired) electrons. The van der Waals surface area contributed by atoms with Crippen molar-refractivity contribution in [2.24, 2.45) is 5.41 Å². The second kappa shape index (κ2) is 4.85. The molecule has 0 aliphatic heterocycles. The number of H-pyrrole nitrogens is 1. The maximum Gasteiger partial charge on any atom is 0.290 e. The van der Waals surface area contributed by atoms with Crippen molar-refractivity contribution in [1.29, 1.82) is 0 Å². The van der Waals surface area contributed by atoms with Crippen LogP contribution >= 0.6 is 0 Å². The highest BCUT2D eigenvalue weighted by atomic mass is 16.2. The Morgan fingerprint density at radius 3 is 2.71 bits per heavy atom. The fraction of sp³-hybridized carbons (Fsp3) is 0.750. The van der Waals surface area contributed by atoms with Gasteiger partial charge >= 0.3 is 0 Å². The molecule has 94 valence electrons. The van der Waals surface area contributed by atoms with E-state index in [0.29, 0.717) is 5.41 Å². The van der Waals surface area contributed by atoms with Crippen molar-refractivity contribution >= 4 is 5.91 Å². The molecule has 0 aromatic carbocycles. The smallest absolute Gasteiger partial charge is 0.290 e. The molecule has 1 amide bonds. The lowest BCUT2D eigenvalue weighted by atomic mass is 9.67. The minimum absolute atomic E-state index is 0.166. The number of aryl methyl sites for hydroxylation is 1. The van der Waals surface area contributed by atoms with Crippen LogP contribution in [0.5, 0.6) is 0 Å². The number of hydrogen-bond donors (Lipinski definition) is 2. The van der Waals surface area contributed by atoms with E-state index in [0.717, 1.165) is 25.2 Å². The zero-order valence-corrected chi connectivity index (χ0v) is 10.5. The van der Waals surface area contributed by atoms with Gasteiger partial charge in [0.05, 0.1) is 0 Å². The Kier molecular flexibility index (Phi) is 3.45. The van der Waals surface area contributed by atoms with Gasteiger partial charge in [-0.05, 0) is 24.7 Å². The van der Waals surface area contributed by atoms with E-state index >= 15 is 0 Å². The zero-order chi connectivity index (χ0) is 12.3. The minimum atomic E-state index is -0.166. The predicted molar refractivity (Wildman–Crippen MR) is 64.7 cm³/mol. The molecular formula is C12H20N4O. The number of aromatic amines is 1. The van der Waals surface area contributed by atoms with Crippen molar-refractivity contribution in [3.05, 3.63) is 11.6 Å². The summed E-state index contributed by atoms with van der Waals surface area (Å²) in [6, 6.07) is 0. The van der Waals surface area contributed by atoms with Crippen LogP contribution in [0.2, 0.25) is 0 Å². The van der Waals surface area contributed by atoms with Crippen LogP contribution in [-0.4, -0.2) is 27.6 Å². The van der Waals surface area contributed by atoms with Gasteiger partial charge in [0.1, 0.15) is 5.82 Å². The first-order chi connectivity index (χ1) is 8.19. The molecule has 0 saturated heterocycles. The molecule has 1 aromatic rings. The number of aromatic nitrogens is 3. The predicted octanol–water partition coefficient (Wildman–Crippen LogP) is 1.68. The molecule has 1 aliphatic rings. The Hall–Kier alpha value is -1.39. The molecule has 1 aliphatic carbocycles. The van der Waals surface area contributed by atoms with Crippen molar-refractivity contribution in [2.75, 3.05) is 6.54 Å². The number of nitrogens with one attached hydrogen (secondary N) is 2. The first kappa shape index (κ1) is 12.1. The Balaban J connectivity index is 1.88. The first-order valence-corrected chi connectivity index (χ1v) is 6.38. The highest BCUT2D eigenvalue weighted by molar-refractivity contribution is 5.90. The van der Waals surface area contributed by atoms with E-state index in [1.54, 1.807) is 0 Å². The van der Waals surface area contributed by atoms with E-state index in [4.69, 9.17) is 0 Å². The Morgan fingerprint density at radius 1 is 1.47 bits per heavy atom. The molecule has 2 N–H and O–H groups in total. The number of rotatable bonds is 5. The van der Waals surface area contributed by atoms with E-state index in [2.05, 4.69) is 27.4 Å². The fourth-order valence-corrected chi connectivity index (χ4v) is 2.23. The molecule has 2 rings (SSSR count). The molecule has 0 spiro atoms. The van der Waals surface area contributed by atoms with E-state index in [1.165, 1.54) is 19.3 Å². The number of amides is 1. The summed E-state index contributed by atoms with van der Waals surface area (Å²) < 4.78 is 0. The lowest BCUT2D eigenvalue weighted by Gasteiger charge is -2.41. The molecular weight excluding hydrogens is 216 g/mol. The van der Waals surface area contributed by atoms with Gasteiger partial charge in [0.25, 0.3) is 5.91 Å². The molecule has 1 heterocycles. The van der Waals surface area contributed by atoms with Gasteiger partial charge < -0.3 is 5.32 Å². The summed E-state index contributed by atoms with van der Waals surface area (Å²) in [5.41, 5.74) is 0.333. The summed E-state index contributed by atoms with van der Waals surface area (Å²) in [5, 5.41) is 9.61. The van der Waals surface area contributed by atoms with E-state index in [9.17, 15) is 4.79 Å². The monoisotopic (exact) mass is 236 g/mol. The molecule has 0 unspecified atom stereocenters. The van der Waals surface area contributed by atoms with Gasteiger partial charge in [-0.2, -0.15) is 0 Å². The van der Waals surface area contributed by atoms with Crippen molar-refractivity contribution in [3.8, 4) is 0 Å². The van der Waals surface area contributed by atoms with E-state index in [-0.39, 0.29) is 11.7 Å². The summed E-state index contributed by atoms with van der Waals surface area (Å²) in [7, 11) is 0. The normalized spacial score (nSPS) is 17.5. The summed E-state index contributed by atoms with van der Waals surface area (Å²) in [6.07, 6.45) is 5.61. The van der Waals surface area contributed by atoms with Crippen molar-refractivity contribution in [2.45, 2.75) is 46.0 Å². The van der Waals surface area contributed by atoms with Crippen LogP contribution in [0.4, 0.5) is 0 Å². The molecule has 17 heavy (non-hydrogen) atoms. The average Bonchev–Trinajstić information content (AvgIpc) is 2.76. The molecule has 1 fully saturated rings. The van der Waals surface area contributed by atoms with Crippen LogP contribution in [-0.2, 0) is 6.42 Å². The molecule has 0 bridgehead atoms. The number of hydrogen-bond acceptors (Lipinski definition) is 3. The summed E-state index contributed by atoms with van der Waals surface area (Å²) in [6.45, 7) is 4.91. The van der Waals surface area contributed by atoms with Gasteiger partial charge in [-0.25, -0.2) is 4.98 Å². The van der Waals surface area contributed by atoms with Gasteiger partial charge in [-0.15, -0.1) is 5.10 Å². The van der Waals surface area contributed by atoms with Gasteiger partial charge in [0.15, 0.2) is 0 Å². The molecule has 1 aromatic heterocycles. The largest absolute Gasteiger partial charge is 0.349 e. The van der Waals surface area contributed by atoms with Crippen LogP contribution in [0.3, 0.4) is 0 Å². The van der Waals surface area contributed by atoms with Gasteiger partial charge in [0.2, 0.25) is 5.82 Å². The summed E-state index contributed by atoms with van der Waals surface area (Å²) in [5.74, 6) is 0.845. The van der Waals surface area contributed by atoms with E-state index in [1.807, 2.05) is 6.92 Å². The summed E-state index contributed by atoms with van der Waals surface area (Å²) in [4.78, 5) is 15.9. The third kappa shape index (κ3) is 2.48. The Morgan fingerprint density at radius 2 is 2.24 bits per heavy atom. The maximum atomic E-state index is 11.8. The van der Waals surface area contributed by atoms with Crippen molar-refractivity contribution in [3.63, 3.8) is 0 Å². The number of nitrogens with zero attached hydrogens (tertiary/aromatic N) is 2. The number of carbonyl (C=O) groups excluding carboxylic acids is 1. The highest BCUT2D eigenvalue weighted by Crippen LogP contribution is 2.42. The third-order valence-corrected chi connectivity index (χ3v) is 3.86. The first-order valence-electron chi connectivity index (χ1n) is 6.38. The average molecular weight is 236 g/mol. The molecule has 1 saturated carbocycles. The Labute approximate surface area is 101 Å². The fourth-order valence-electron chi connectivity index (χ4n) is 2.23. The quantitative estimate of drug-likeness (QED) is 0.817. The Bertz CT molecular complexity index is 389. The zero-order valence-electron chi connectivity index (χ0n) is 10.5. The van der Waals surface area contributed by atoms with Gasteiger partial charge in [-0.3, -0.25) is 9.89 Å². The SMILES string of the molecule is CCc1nc(C(=O)NCC2(CC)CCC2)n[nH]1. The van der Waals surface area contributed by atoms with Crippen LogP contribution in [0.1, 0.15) is 56.0 Å². The third-order valence-electron chi connectivity index (χ3n) is 3.86. The maximum absolute atomic E-state index is 11.8. The van der Waals surface area contributed by atoms with Crippen molar-refractivity contribution in [1.82, 2.24) is 20.5 Å². The lowest BCUT2D eigenvalue weighted by Crippen LogP contribution is -2.41. The molecule has 5 heteroatoms. The number of carbonyl (C=O) groups is 1. The van der Waals surface area contributed by atoms with Crippen LogP contribution in [0.25, 0.3) is 0 Å². The topological polar surface area (TPSA) is 70.7 Å². The molecule has 0 atom stereocenters. The van der Waals surface area contributed by atoms with Crippen LogP contribution in [0.15, 0.2) is 0 Å².